The summed E-state index contributed by atoms with van der Waals surface area (Å²) in [7, 11) is 0. The van der Waals surface area contributed by atoms with Crippen LogP contribution >= 0.6 is 0 Å². The summed E-state index contributed by atoms with van der Waals surface area (Å²) >= 11 is 0. The smallest absolute Gasteiger partial charge is 0.0643 e. The zero-order chi connectivity index (χ0) is 11.7. The number of hydrogen-bond acceptors (Lipinski definition) is 2. The van der Waals surface area contributed by atoms with Crippen molar-refractivity contribution < 1.29 is 0 Å². The highest BCUT2D eigenvalue weighted by molar-refractivity contribution is 5.08. The lowest BCUT2D eigenvalue weighted by atomic mass is 9.75. The van der Waals surface area contributed by atoms with Gasteiger partial charge < -0.3 is 5.73 Å². The van der Waals surface area contributed by atoms with Gasteiger partial charge in [0.1, 0.15) is 0 Å². The summed E-state index contributed by atoms with van der Waals surface area (Å²) in [5.74, 6) is 0. The van der Waals surface area contributed by atoms with E-state index in [1.54, 1.807) is 0 Å². The quantitative estimate of drug-likeness (QED) is 0.872. The van der Waals surface area contributed by atoms with Crippen molar-refractivity contribution in [3.8, 4) is 0 Å². The maximum atomic E-state index is 6.27. The summed E-state index contributed by atoms with van der Waals surface area (Å²) in [6, 6.07) is 2.81. The zero-order valence-corrected chi connectivity index (χ0v) is 10.6. The lowest BCUT2D eigenvalue weighted by Crippen LogP contribution is -2.48. The number of nitrogens with zero attached hydrogens (tertiary/aromatic N) is 2. The molecule has 3 rings (SSSR count). The highest BCUT2D eigenvalue weighted by Gasteiger charge is 2.33. The molecule has 0 radical (unpaired) electrons. The van der Waals surface area contributed by atoms with E-state index in [0.29, 0.717) is 6.04 Å². The molecule has 1 heterocycles. The van der Waals surface area contributed by atoms with Gasteiger partial charge in [-0.1, -0.05) is 19.3 Å². The normalized spacial score (nSPS) is 24.5. The van der Waals surface area contributed by atoms with Crippen LogP contribution in [0.25, 0.3) is 0 Å². The van der Waals surface area contributed by atoms with Crippen molar-refractivity contribution in [2.45, 2.75) is 69.4 Å². The van der Waals surface area contributed by atoms with Gasteiger partial charge in [-0.3, -0.25) is 4.68 Å². The minimum Gasteiger partial charge on any atom is -0.325 e. The van der Waals surface area contributed by atoms with Gasteiger partial charge >= 0.3 is 0 Å². The van der Waals surface area contributed by atoms with E-state index in [9.17, 15) is 0 Å². The number of hydrogen-bond donors (Lipinski definition) is 1. The van der Waals surface area contributed by atoms with Crippen molar-refractivity contribution >= 4 is 0 Å². The van der Waals surface area contributed by atoms with Gasteiger partial charge in [0.05, 0.1) is 11.7 Å². The second-order valence-corrected chi connectivity index (χ2v) is 5.97. The van der Waals surface area contributed by atoms with Crippen molar-refractivity contribution in [3.05, 3.63) is 18.0 Å². The molecule has 1 aromatic rings. The molecule has 3 nitrogen and oxygen atoms in total. The fourth-order valence-electron chi connectivity index (χ4n) is 3.19. The third-order valence-corrected chi connectivity index (χ3v) is 4.49. The van der Waals surface area contributed by atoms with Gasteiger partial charge in [0.2, 0.25) is 0 Å². The van der Waals surface area contributed by atoms with E-state index < -0.39 is 0 Å². The first-order chi connectivity index (χ1) is 8.25. The Morgan fingerprint density at radius 2 is 2.00 bits per heavy atom. The molecule has 2 aliphatic carbocycles. The molecule has 0 amide bonds. The lowest BCUT2D eigenvalue weighted by molar-refractivity contribution is 0.243. The molecule has 1 aromatic heterocycles. The first-order valence-electron chi connectivity index (χ1n) is 7.08. The van der Waals surface area contributed by atoms with Crippen LogP contribution in [0.15, 0.2) is 12.3 Å². The topological polar surface area (TPSA) is 43.8 Å². The standard InChI is InChI=1S/C14H23N3/c15-14(8-4-9-14)11-12-7-10-17(16-12)13-5-2-1-3-6-13/h7,10,13H,1-6,8-9,11,15H2. The molecule has 17 heavy (non-hydrogen) atoms. The molecule has 0 saturated heterocycles. The fourth-order valence-corrected chi connectivity index (χ4v) is 3.19. The maximum Gasteiger partial charge on any atom is 0.0643 e. The van der Waals surface area contributed by atoms with Crippen LogP contribution in [0.3, 0.4) is 0 Å². The van der Waals surface area contributed by atoms with E-state index >= 15 is 0 Å². The Hall–Kier alpha value is -0.830. The van der Waals surface area contributed by atoms with E-state index in [2.05, 4.69) is 16.9 Å². The summed E-state index contributed by atoms with van der Waals surface area (Å²) in [6.07, 6.45) is 13.5. The highest BCUT2D eigenvalue weighted by Crippen LogP contribution is 2.32. The van der Waals surface area contributed by atoms with Gasteiger partial charge in [0.25, 0.3) is 0 Å². The average molecular weight is 233 g/mol. The van der Waals surface area contributed by atoms with Crippen LogP contribution in [0.1, 0.15) is 63.1 Å². The van der Waals surface area contributed by atoms with Crippen LogP contribution in [0, 0.1) is 0 Å². The summed E-state index contributed by atoms with van der Waals surface area (Å²) in [5, 5.41) is 4.74. The van der Waals surface area contributed by atoms with Gasteiger partial charge in [-0.15, -0.1) is 0 Å². The van der Waals surface area contributed by atoms with E-state index in [4.69, 9.17) is 10.8 Å². The Labute approximate surface area is 103 Å². The summed E-state index contributed by atoms with van der Waals surface area (Å²) in [5.41, 5.74) is 7.53. The van der Waals surface area contributed by atoms with Crippen molar-refractivity contribution in [1.29, 1.82) is 0 Å². The van der Waals surface area contributed by atoms with Crippen LogP contribution < -0.4 is 5.73 Å². The Morgan fingerprint density at radius 3 is 2.65 bits per heavy atom. The van der Waals surface area contributed by atoms with Crippen LogP contribution in [0.4, 0.5) is 0 Å². The molecule has 2 saturated carbocycles. The predicted octanol–water partition coefficient (Wildman–Crippen LogP) is 2.81. The third-order valence-electron chi connectivity index (χ3n) is 4.49. The van der Waals surface area contributed by atoms with Crippen molar-refractivity contribution in [3.63, 3.8) is 0 Å². The first-order valence-corrected chi connectivity index (χ1v) is 7.08. The Kier molecular flexibility index (Phi) is 2.95. The molecule has 0 atom stereocenters. The summed E-state index contributed by atoms with van der Waals surface area (Å²) in [6.45, 7) is 0. The minimum atomic E-state index is 0.0613. The van der Waals surface area contributed by atoms with Gasteiger partial charge in [-0.25, -0.2) is 0 Å². The Bertz CT molecular complexity index is 373. The molecule has 2 N–H and O–H groups in total. The molecule has 0 unspecified atom stereocenters. The summed E-state index contributed by atoms with van der Waals surface area (Å²) < 4.78 is 2.19. The highest BCUT2D eigenvalue weighted by atomic mass is 15.3. The lowest BCUT2D eigenvalue weighted by Gasteiger charge is -2.37. The third kappa shape index (κ3) is 2.39. The summed E-state index contributed by atoms with van der Waals surface area (Å²) in [4.78, 5) is 0. The van der Waals surface area contributed by atoms with E-state index in [1.165, 1.54) is 57.1 Å². The monoisotopic (exact) mass is 233 g/mol. The van der Waals surface area contributed by atoms with E-state index in [1.807, 2.05) is 0 Å². The van der Waals surface area contributed by atoms with Crippen LogP contribution in [-0.2, 0) is 6.42 Å². The second-order valence-electron chi connectivity index (χ2n) is 5.97. The molecule has 3 heteroatoms. The largest absolute Gasteiger partial charge is 0.325 e. The van der Waals surface area contributed by atoms with Crippen LogP contribution in [0.5, 0.6) is 0 Å². The van der Waals surface area contributed by atoms with Crippen molar-refractivity contribution in [2.75, 3.05) is 0 Å². The average Bonchev–Trinajstić information content (AvgIpc) is 2.77. The molecule has 0 aliphatic heterocycles. The molecule has 94 valence electrons. The van der Waals surface area contributed by atoms with E-state index in [-0.39, 0.29) is 5.54 Å². The van der Waals surface area contributed by atoms with Gasteiger partial charge in [-0.2, -0.15) is 5.10 Å². The Morgan fingerprint density at radius 1 is 1.24 bits per heavy atom. The van der Waals surface area contributed by atoms with E-state index in [0.717, 1.165) is 6.42 Å². The fraction of sp³-hybridized carbons (Fsp3) is 0.786. The number of aromatic nitrogens is 2. The second kappa shape index (κ2) is 4.45. The van der Waals surface area contributed by atoms with Gasteiger partial charge in [0.15, 0.2) is 0 Å². The van der Waals surface area contributed by atoms with Crippen molar-refractivity contribution in [1.82, 2.24) is 9.78 Å². The minimum absolute atomic E-state index is 0.0613. The van der Waals surface area contributed by atoms with Crippen LogP contribution in [0.2, 0.25) is 0 Å². The maximum absolute atomic E-state index is 6.27. The SMILES string of the molecule is NC1(Cc2ccn(C3CCCCC3)n2)CCC1. The molecule has 0 spiro atoms. The molecule has 0 aromatic carbocycles. The molecule has 0 bridgehead atoms. The van der Waals surface area contributed by atoms with Gasteiger partial charge in [-0.05, 0) is 38.2 Å². The number of nitrogens with two attached hydrogens (primary N) is 1. The first kappa shape index (κ1) is 11.3. The molecule has 2 fully saturated rings. The number of rotatable bonds is 3. The molecule has 2 aliphatic rings. The van der Waals surface area contributed by atoms with Crippen LogP contribution in [-0.4, -0.2) is 15.3 Å². The predicted molar refractivity (Wildman–Crippen MR) is 68.8 cm³/mol. The molecular weight excluding hydrogens is 210 g/mol. The zero-order valence-electron chi connectivity index (χ0n) is 10.6. The van der Waals surface area contributed by atoms with Crippen molar-refractivity contribution in [2.24, 2.45) is 5.73 Å². The Balaban J connectivity index is 1.65. The molecular formula is C14H23N3. The van der Waals surface area contributed by atoms with Gasteiger partial charge in [0, 0.05) is 18.2 Å².